The molecular formula is C39H51ClN6O6. The molecule has 0 spiro atoms. The van der Waals surface area contributed by atoms with Gasteiger partial charge >= 0.3 is 5.97 Å². The number of carbonyl (C=O) groups is 4. The van der Waals surface area contributed by atoms with E-state index in [0.717, 1.165) is 22.3 Å². The highest BCUT2D eigenvalue weighted by atomic mass is 35.5. The third-order valence-corrected chi connectivity index (χ3v) is 10.3. The number of rotatable bonds is 8. The van der Waals surface area contributed by atoms with Crippen LogP contribution in [0, 0.1) is 23.7 Å². The molecule has 1 saturated heterocycles. The molecule has 2 aliphatic heterocycles. The summed E-state index contributed by atoms with van der Waals surface area (Å²) < 4.78 is 12.3. The molecule has 0 aliphatic carbocycles. The Labute approximate surface area is 311 Å². The third kappa shape index (κ3) is 10.8. The molecule has 0 radical (unpaired) electrons. The Balaban J connectivity index is 1.64. The second-order valence-electron chi connectivity index (χ2n) is 15.7. The van der Waals surface area contributed by atoms with Crippen LogP contribution in [-0.2, 0) is 41.6 Å². The number of halogens is 1. The average Bonchev–Trinajstić information content (AvgIpc) is 3.87. The highest BCUT2D eigenvalue weighted by molar-refractivity contribution is 6.31. The summed E-state index contributed by atoms with van der Waals surface area (Å²) in [5, 5.41) is 12.8. The Bertz CT molecular complexity index is 1710. The van der Waals surface area contributed by atoms with Crippen LogP contribution in [0.3, 0.4) is 0 Å². The van der Waals surface area contributed by atoms with Crippen molar-refractivity contribution in [2.75, 3.05) is 0 Å². The number of cyclic esters (lactones) is 1. The van der Waals surface area contributed by atoms with E-state index in [1.54, 1.807) is 32.9 Å². The van der Waals surface area contributed by atoms with Gasteiger partial charge in [0.2, 0.25) is 17.7 Å². The van der Waals surface area contributed by atoms with Crippen molar-refractivity contribution in [1.29, 1.82) is 0 Å². The minimum Gasteiger partial charge on any atom is -0.460 e. The number of nitrogens with one attached hydrogen (secondary N) is 3. The number of esters is 1. The van der Waals surface area contributed by atoms with Gasteiger partial charge in [0.15, 0.2) is 0 Å². The van der Waals surface area contributed by atoms with Crippen LogP contribution in [0.5, 0.6) is 0 Å². The molecule has 12 nitrogen and oxygen atoms in total. The van der Waals surface area contributed by atoms with Gasteiger partial charge in [0, 0.05) is 34.7 Å². The number of nitrogens with zero attached hydrogens (tertiary/aromatic N) is 3. The van der Waals surface area contributed by atoms with Crippen molar-refractivity contribution >= 4 is 35.3 Å². The number of hydrogen-bond acceptors (Lipinski definition) is 7. The van der Waals surface area contributed by atoms with Gasteiger partial charge in [-0.05, 0) is 79.5 Å². The lowest BCUT2D eigenvalue weighted by atomic mass is 9.82. The molecule has 0 bridgehead atoms. The van der Waals surface area contributed by atoms with Crippen LogP contribution in [0.4, 0.5) is 0 Å². The Morgan fingerprint density at radius 3 is 2.33 bits per heavy atom. The molecule has 7 atom stereocenters. The predicted molar refractivity (Wildman–Crippen MR) is 199 cm³/mol. The van der Waals surface area contributed by atoms with Gasteiger partial charge in [-0.1, -0.05) is 86.9 Å². The van der Waals surface area contributed by atoms with Crippen molar-refractivity contribution in [3.8, 4) is 0 Å². The van der Waals surface area contributed by atoms with E-state index >= 15 is 0 Å². The topological polar surface area (TPSA) is 175 Å². The van der Waals surface area contributed by atoms with Crippen LogP contribution >= 0.6 is 11.6 Å². The number of amides is 3. The van der Waals surface area contributed by atoms with E-state index in [2.05, 4.69) is 26.0 Å². The van der Waals surface area contributed by atoms with Crippen molar-refractivity contribution < 1.29 is 28.7 Å². The van der Waals surface area contributed by atoms with Crippen LogP contribution < -0.4 is 16.0 Å². The summed E-state index contributed by atoms with van der Waals surface area (Å²) in [6.45, 7) is 15.1. The van der Waals surface area contributed by atoms with Crippen molar-refractivity contribution in [3.05, 3.63) is 92.3 Å². The maximum absolute atomic E-state index is 13.9. The normalized spacial score (nSPS) is 26.9. The summed E-state index contributed by atoms with van der Waals surface area (Å²) in [4.78, 5) is 57.7. The standard InChI is InChI=1S/C39H51ClN6O6/c1-22-12-13-26(18-28(22)40)19-29-35(48)43-24(3)39(7,8)37(50)45-30(20-38(4,5)6)36(49)51-31(10-9-11-32(47)44-29)23(2)33-34(52-33)27-16-14-25(15-17-27)21-42-46-41/h9,11-18,23-24,29-31,33-34H,10,19-21H2,1-8H3,(H,43,48)(H,44,47)(H,45,50)/b11-9+/t23-,24-,29+,30-,31-,33+,34+/m0/s1. The van der Waals surface area contributed by atoms with Gasteiger partial charge in [-0.15, -0.1) is 0 Å². The van der Waals surface area contributed by atoms with E-state index in [9.17, 15) is 19.2 Å². The first-order valence-electron chi connectivity index (χ1n) is 17.7. The number of epoxide rings is 1. The number of azide groups is 1. The molecule has 2 aromatic rings. The van der Waals surface area contributed by atoms with Crippen LogP contribution in [0.2, 0.25) is 5.02 Å². The monoisotopic (exact) mass is 734 g/mol. The van der Waals surface area contributed by atoms with Crippen molar-refractivity contribution in [1.82, 2.24) is 16.0 Å². The molecule has 2 aliphatic rings. The van der Waals surface area contributed by atoms with E-state index in [4.69, 9.17) is 26.6 Å². The fraction of sp³-hybridized carbons (Fsp3) is 0.538. The molecule has 0 unspecified atom stereocenters. The molecule has 3 amide bonds. The van der Waals surface area contributed by atoms with Crippen LogP contribution in [0.1, 0.15) is 89.7 Å². The van der Waals surface area contributed by atoms with Crippen LogP contribution in [-0.4, -0.2) is 54.0 Å². The Hall–Kier alpha value is -4.38. The number of hydrogen-bond donors (Lipinski definition) is 3. The van der Waals surface area contributed by atoms with Gasteiger partial charge in [0.25, 0.3) is 0 Å². The van der Waals surface area contributed by atoms with Gasteiger partial charge in [-0.25, -0.2) is 4.79 Å². The maximum Gasteiger partial charge on any atom is 0.328 e. The molecule has 52 heavy (non-hydrogen) atoms. The first-order valence-corrected chi connectivity index (χ1v) is 18.1. The lowest BCUT2D eigenvalue weighted by Gasteiger charge is -2.35. The summed E-state index contributed by atoms with van der Waals surface area (Å²) in [5.41, 5.74) is 10.6. The second-order valence-corrected chi connectivity index (χ2v) is 16.1. The van der Waals surface area contributed by atoms with Crippen molar-refractivity contribution in [3.63, 3.8) is 0 Å². The lowest BCUT2D eigenvalue weighted by Crippen LogP contribution is -2.58. The van der Waals surface area contributed by atoms with Crippen LogP contribution in [0.15, 0.2) is 59.7 Å². The van der Waals surface area contributed by atoms with Gasteiger partial charge in [0.1, 0.15) is 24.3 Å². The van der Waals surface area contributed by atoms with Gasteiger partial charge in [0.05, 0.1) is 18.1 Å². The molecular weight excluding hydrogens is 684 g/mol. The second kappa shape index (κ2) is 17.0. The van der Waals surface area contributed by atoms with E-state index in [0.29, 0.717) is 11.4 Å². The molecule has 3 N–H and O–H groups in total. The summed E-state index contributed by atoms with van der Waals surface area (Å²) in [5.74, 6) is -2.27. The summed E-state index contributed by atoms with van der Waals surface area (Å²) in [6, 6.07) is 10.5. The zero-order valence-electron chi connectivity index (χ0n) is 31.2. The summed E-state index contributed by atoms with van der Waals surface area (Å²) >= 11 is 6.37. The van der Waals surface area contributed by atoms with E-state index in [-0.39, 0.29) is 42.9 Å². The fourth-order valence-electron chi connectivity index (χ4n) is 6.11. The molecule has 0 saturated carbocycles. The zero-order chi connectivity index (χ0) is 38.4. The van der Waals surface area contributed by atoms with Gasteiger partial charge in [-0.3, -0.25) is 14.4 Å². The zero-order valence-corrected chi connectivity index (χ0v) is 32.0. The number of benzene rings is 2. The Morgan fingerprint density at radius 1 is 1.02 bits per heavy atom. The highest BCUT2D eigenvalue weighted by Gasteiger charge is 2.48. The molecule has 4 rings (SSSR count). The average molecular weight is 735 g/mol. The van der Waals surface area contributed by atoms with Crippen LogP contribution in [0.25, 0.3) is 10.4 Å². The molecule has 1 fully saturated rings. The smallest absolute Gasteiger partial charge is 0.328 e. The first kappa shape index (κ1) is 40.4. The molecule has 13 heteroatoms. The molecule has 2 aromatic carbocycles. The van der Waals surface area contributed by atoms with Crippen molar-refractivity contribution in [2.24, 2.45) is 21.9 Å². The minimum atomic E-state index is -1.15. The first-order chi connectivity index (χ1) is 24.4. The van der Waals surface area contributed by atoms with E-state index in [1.807, 2.05) is 71.0 Å². The molecule has 2 heterocycles. The minimum absolute atomic E-state index is 0.169. The predicted octanol–water partition coefficient (Wildman–Crippen LogP) is 6.59. The Morgan fingerprint density at radius 2 is 1.69 bits per heavy atom. The summed E-state index contributed by atoms with van der Waals surface area (Å²) in [6.07, 6.45) is 2.40. The molecule has 0 aromatic heterocycles. The number of ether oxygens (including phenoxy) is 2. The van der Waals surface area contributed by atoms with Gasteiger partial charge in [-0.2, -0.15) is 0 Å². The lowest BCUT2D eigenvalue weighted by molar-refractivity contribution is -0.157. The van der Waals surface area contributed by atoms with E-state index in [1.165, 1.54) is 6.08 Å². The number of aryl methyl sites for hydroxylation is 1. The SMILES string of the molecule is Cc1ccc(C[C@H]2NC(=O)/C=C/C[C@@H]([C@H](C)[C@H]3O[C@@H]3c3ccc(CN=[N+]=[N-])cc3)OC(=O)[C@H](CC(C)(C)C)NC(=O)C(C)(C)[C@H](C)NC2=O)cc1Cl. The quantitative estimate of drug-likeness (QED) is 0.0907. The van der Waals surface area contributed by atoms with Crippen molar-refractivity contribution in [2.45, 2.75) is 118 Å². The van der Waals surface area contributed by atoms with Gasteiger partial charge < -0.3 is 25.4 Å². The molecule has 280 valence electrons. The maximum atomic E-state index is 13.9. The van der Waals surface area contributed by atoms with E-state index < -0.39 is 53.3 Å². The highest BCUT2D eigenvalue weighted by Crippen LogP contribution is 2.45. The largest absolute Gasteiger partial charge is 0.460 e. The summed E-state index contributed by atoms with van der Waals surface area (Å²) in [7, 11) is 0. The Kier molecular flexibility index (Phi) is 13.2. The number of carbonyl (C=O) groups excluding carboxylic acids is 4. The fourth-order valence-corrected chi connectivity index (χ4v) is 6.31. The third-order valence-electron chi connectivity index (χ3n) is 9.90.